The number of carboxylic acid groups (broad SMARTS) is 1. The minimum Gasteiger partial charge on any atom is -0.490 e. The number of ether oxygens (including phenoxy) is 2. The number of rotatable bonds is 13. The van der Waals surface area contributed by atoms with E-state index in [4.69, 9.17) is 31.5 Å². The highest BCUT2D eigenvalue weighted by Gasteiger charge is 2.18. The summed E-state index contributed by atoms with van der Waals surface area (Å²) < 4.78 is 11.2. The molecular weight excluding hydrogens is 502 g/mol. The highest BCUT2D eigenvalue weighted by molar-refractivity contribution is 6.08. The van der Waals surface area contributed by atoms with Crippen LogP contribution in [-0.4, -0.2) is 41.9 Å². The Kier molecular flexibility index (Phi) is 9.47. The molecule has 0 heterocycles. The summed E-state index contributed by atoms with van der Waals surface area (Å²) in [5.74, 6) is -1.64. The molecule has 204 valence electrons. The van der Waals surface area contributed by atoms with Crippen molar-refractivity contribution in [2.24, 2.45) is 11.5 Å². The summed E-state index contributed by atoms with van der Waals surface area (Å²) in [4.78, 5) is 36.0. The average Bonchev–Trinajstić information content (AvgIpc) is 2.87. The number of hydrogen-bond donors (Lipinski definition) is 6. The summed E-state index contributed by atoms with van der Waals surface area (Å²) in [6.45, 7) is 3.44. The SMILES string of the molecule is CCOc1cc(CC(N)=O)cc(CNc2ccc(C)cc2C(=O)Nc2ccc(C(=N)N)cc2)c1OCC(=O)O. The van der Waals surface area contributed by atoms with Gasteiger partial charge in [-0.3, -0.25) is 15.0 Å². The normalized spacial score (nSPS) is 10.4. The van der Waals surface area contributed by atoms with Gasteiger partial charge >= 0.3 is 5.97 Å². The van der Waals surface area contributed by atoms with E-state index in [-0.39, 0.29) is 42.8 Å². The lowest BCUT2D eigenvalue weighted by Gasteiger charge is -2.19. The van der Waals surface area contributed by atoms with Gasteiger partial charge in [0.15, 0.2) is 18.1 Å². The van der Waals surface area contributed by atoms with Crippen LogP contribution in [0.2, 0.25) is 0 Å². The molecule has 3 aromatic rings. The number of nitrogens with one attached hydrogen (secondary N) is 3. The zero-order valence-electron chi connectivity index (χ0n) is 21.7. The van der Waals surface area contributed by atoms with Crippen molar-refractivity contribution in [1.29, 1.82) is 5.41 Å². The number of nitrogen functional groups attached to an aromatic ring is 1. The third-order valence-corrected chi connectivity index (χ3v) is 5.55. The molecule has 39 heavy (non-hydrogen) atoms. The lowest BCUT2D eigenvalue weighted by atomic mass is 10.0. The van der Waals surface area contributed by atoms with E-state index < -0.39 is 18.5 Å². The first-order valence-electron chi connectivity index (χ1n) is 12.1. The second-order valence-corrected chi connectivity index (χ2v) is 8.69. The first-order valence-corrected chi connectivity index (χ1v) is 12.1. The summed E-state index contributed by atoms with van der Waals surface area (Å²) >= 11 is 0. The first kappa shape index (κ1) is 28.5. The van der Waals surface area contributed by atoms with Crippen LogP contribution in [-0.2, 0) is 22.6 Å². The zero-order valence-corrected chi connectivity index (χ0v) is 21.7. The third kappa shape index (κ3) is 7.96. The highest BCUT2D eigenvalue weighted by atomic mass is 16.5. The second-order valence-electron chi connectivity index (χ2n) is 8.69. The lowest BCUT2D eigenvalue weighted by molar-refractivity contribution is -0.139. The fraction of sp³-hybridized carbons (Fsp3) is 0.214. The molecule has 0 saturated heterocycles. The van der Waals surface area contributed by atoms with Crippen molar-refractivity contribution in [1.82, 2.24) is 0 Å². The van der Waals surface area contributed by atoms with Crippen LogP contribution in [0.15, 0.2) is 54.6 Å². The van der Waals surface area contributed by atoms with Gasteiger partial charge in [-0.1, -0.05) is 11.6 Å². The third-order valence-electron chi connectivity index (χ3n) is 5.55. The van der Waals surface area contributed by atoms with Crippen molar-refractivity contribution in [3.63, 3.8) is 0 Å². The highest BCUT2D eigenvalue weighted by Crippen LogP contribution is 2.34. The number of amidine groups is 1. The number of carboxylic acids is 1. The number of carbonyl (C=O) groups excluding carboxylic acids is 2. The molecule has 3 rings (SSSR count). The van der Waals surface area contributed by atoms with Crippen LogP contribution in [0, 0.1) is 12.3 Å². The van der Waals surface area contributed by atoms with E-state index in [0.717, 1.165) is 5.56 Å². The van der Waals surface area contributed by atoms with Gasteiger partial charge in [-0.05, 0) is 67.9 Å². The Morgan fingerprint density at radius 3 is 2.33 bits per heavy atom. The van der Waals surface area contributed by atoms with Crippen LogP contribution in [0.4, 0.5) is 11.4 Å². The average molecular weight is 534 g/mol. The van der Waals surface area contributed by atoms with Crippen molar-refractivity contribution in [2.75, 3.05) is 23.8 Å². The van der Waals surface area contributed by atoms with Gasteiger partial charge < -0.3 is 36.7 Å². The maximum Gasteiger partial charge on any atom is 0.341 e. The molecule has 0 radical (unpaired) electrons. The quantitative estimate of drug-likeness (QED) is 0.143. The van der Waals surface area contributed by atoms with E-state index in [1.165, 1.54) is 0 Å². The van der Waals surface area contributed by atoms with Crippen LogP contribution < -0.4 is 31.6 Å². The van der Waals surface area contributed by atoms with E-state index in [1.54, 1.807) is 55.5 Å². The molecule has 2 amide bonds. The maximum atomic E-state index is 13.2. The number of benzene rings is 3. The number of aliphatic carboxylic acids is 1. The number of primary amides is 1. The van der Waals surface area contributed by atoms with Gasteiger partial charge in [0.05, 0.1) is 18.6 Å². The van der Waals surface area contributed by atoms with Crippen molar-refractivity contribution >= 4 is 35.0 Å². The van der Waals surface area contributed by atoms with Crippen LogP contribution >= 0.6 is 0 Å². The van der Waals surface area contributed by atoms with Crippen molar-refractivity contribution < 1.29 is 29.0 Å². The van der Waals surface area contributed by atoms with Gasteiger partial charge in [0.1, 0.15) is 5.84 Å². The van der Waals surface area contributed by atoms with Crippen LogP contribution in [0.5, 0.6) is 11.5 Å². The molecule has 0 fully saturated rings. The molecule has 0 saturated carbocycles. The largest absolute Gasteiger partial charge is 0.490 e. The molecule has 0 spiro atoms. The zero-order chi connectivity index (χ0) is 28.5. The number of nitrogens with two attached hydrogens (primary N) is 2. The Balaban J connectivity index is 1.91. The molecule has 0 bridgehead atoms. The van der Waals surface area contributed by atoms with E-state index >= 15 is 0 Å². The number of hydrogen-bond acceptors (Lipinski definition) is 7. The van der Waals surface area contributed by atoms with E-state index in [9.17, 15) is 14.4 Å². The fourth-order valence-electron chi connectivity index (χ4n) is 3.84. The molecule has 0 aromatic heterocycles. The van der Waals surface area contributed by atoms with E-state index in [2.05, 4.69) is 10.6 Å². The van der Waals surface area contributed by atoms with Gasteiger partial charge in [-0.15, -0.1) is 0 Å². The molecule has 0 atom stereocenters. The summed E-state index contributed by atoms with van der Waals surface area (Å²) in [5, 5.41) is 22.7. The Labute approximate surface area is 225 Å². The molecule has 0 unspecified atom stereocenters. The summed E-state index contributed by atoms with van der Waals surface area (Å²) in [6, 6.07) is 15.2. The standard InChI is InChI=1S/C28H31N5O6/c1-3-38-23-12-17(13-24(29)34)11-19(26(23)39-15-25(35)36)14-32-22-9-4-16(2)10-21(22)28(37)33-20-7-5-18(6-8-20)27(30)31/h4-12,32H,3,13-15H2,1-2H3,(H2,29,34)(H3,30,31)(H,33,37)(H,35,36). The predicted octanol–water partition coefficient (Wildman–Crippen LogP) is 3.03. The molecule has 0 aliphatic carbocycles. The van der Waals surface area contributed by atoms with Gasteiger partial charge in [-0.2, -0.15) is 0 Å². The van der Waals surface area contributed by atoms with Crippen molar-refractivity contribution in [3.05, 3.63) is 82.4 Å². The summed E-state index contributed by atoms with van der Waals surface area (Å²) in [6.07, 6.45) is -0.0487. The Morgan fingerprint density at radius 2 is 1.72 bits per heavy atom. The number of amides is 2. The van der Waals surface area contributed by atoms with E-state index in [0.29, 0.717) is 33.6 Å². The van der Waals surface area contributed by atoms with Crippen molar-refractivity contribution in [2.45, 2.75) is 26.8 Å². The molecule has 3 aromatic carbocycles. The minimum absolute atomic E-state index is 0.0487. The van der Waals surface area contributed by atoms with Gasteiger partial charge in [0.2, 0.25) is 5.91 Å². The number of carbonyl (C=O) groups is 3. The molecule has 11 heteroatoms. The second kappa shape index (κ2) is 13.0. The predicted molar refractivity (Wildman–Crippen MR) is 148 cm³/mol. The topological polar surface area (TPSA) is 190 Å². The van der Waals surface area contributed by atoms with Crippen LogP contribution in [0.25, 0.3) is 0 Å². The van der Waals surface area contributed by atoms with E-state index in [1.807, 2.05) is 13.0 Å². The monoisotopic (exact) mass is 533 g/mol. The Hall–Kier alpha value is -5.06. The smallest absolute Gasteiger partial charge is 0.341 e. The lowest BCUT2D eigenvalue weighted by Crippen LogP contribution is -2.17. The Morgan fingerprint density at radius 1 is 1.00 bits per heavy atom. The number of anilines is 2. The fourth-order valence-corrected chi connectivity index (χ4v) is 3.84. The van der Waals surface area contributed by atoms with Gasteiger partial charge in [0, 0.05) is 29.0 Å². The molecule has 0 aliphatic rings. The van der Waals surface area contributed by atoms with Gasteiger partial charge in [0.25, 0.3) is 5.91 Å². The summed E-state index contributed by atoms with van der Waals surface area (Å²) in [5.41, 5.74) is 14.8. The molecule has 0 aliphatic heterocycles. The molecule has 8 N–H and O–H groups in total. The maximum absolute atomic E-state index is 13.2. The molecular formula is C28H31N5O6. The van der Waals surface area contributed by atoms with Crippen LogP contribution in [0.1, 0.15) is 39.5 Å². The number of aryl methyl sites for hydroxylation is 1. The Bertz CT molecular complexity index is 1390. The van der Waals surface area contributed by atoms with Crippen molar-refractivity contribution in [3.8, 4) is 11.5 Å². The van der Waals surface area contributed by atoms with Crippen LogP contribution in [0.3, 0.4) is 0 Å². The first-order chi connectivity index (χ1) is 18.6. The summed E-state index contributed by atoms with van der Waals surface area (Å²) in [7, 11) is 0. The molecule has 11 nitrogen and oxygen atoms in total. The minimum atomic E-state index is -1.16. The van der Waals surface area contributed by atoms with Gasteiger partial charge in [-0.25, -0.2) is 4.79 Å².